The second-order valence-electron chi connectivity index (χ2n) is 7.72. The van der Waals surface area contributed by atoms with Gasteiger partial charge in [0, 0.05) is 36.9 Å². The highest BCUT2D eigenvalue weighted by Crippen LogP contribution is 2.34. The highest BCUT2D eigenvalue weighted by molar-refractivity contribution is 6.35. The number of nitrogens with two attached hydrogens (primary N) is 1. The molecule has 1 fully saturated rings. The SMILES string of the molecule is Cn1ccc(-c2nc(N)c(C(=O)NCC3CC3)nc2-c2cc(Cl)c3ncccc3c2)n1. The Labute approximate surface area is 183 Å². The van der Waals surface area contributed by atoms with Crippen molar-refractivity contribution in [3.05, 3.63) is 53.4 Å². The minimum Gasteiger partial charge on any atom is -0.382 e. The van der Waals surface area contributed by atoms with Crippen LogP contribution in [-0.4, -0.2) is 37.2 Å². The first kappa shape index (κ1) is 19.4. The van der Waals surface area contributed by atoms with Crippen LogP contribution in [0.15, 0.2) is 42.7 Å². The molecule has 1 aromatic carbocycles. The maximum atomic E-state index is 12.8. The Morgan fingerprint density at radius 3 is 2.84 bits per heavy atom. The predicted octanol–water partition coefficient (Wildman–Crippen LogP) is 3.47. The largest absolute Gasteiger partial charge is 0.382 e. The zero-order chi connectivity index (χ0) is 21.5. The number of fused-ring (bicyclic) bond motifs is 1. The molecule has 0 atom stereocenters. The van der Waals surface area contributed by atoms with Gasteiger partial charge in [0.1, 0.15) is 11.4 Å². The molecule has 9 heteroatoms. The Kier molecular flexibility index (Phi) is 4.78. The van der Waals surface area contributed by atoms with Crippen molar-refractivity contribution in [2.24, 2.45) is 13.0 Å². The molecule has 4 aromatic rings. The lowest BCUT2D eigenvalue weighted by molar-refractivity contribution is 0.0947. The molecular weight excluding hydrogens is 414 g/mol. The standard InChI is InChI=1S/C22H20ClN7O/c1-30-8-6-16(29-30)19-18(14-9-13-3-2-7-25-17(13)15(23)10-14)27-20(21(24)28-19)22(31)26-11-12-4-5-12/h2-3,6-10,12H,4-5,11H2,1H3,(H2,24,28)(H,26,31). The van der Waals surface area contributed by atoms with Gasteiger partial charge in [-0.15, -0.1) is 0 Å². The lowest BCUT2D eigenvalue weighted by Gasteiger charge is -2.13. The van der Waals surface area contributed by atoms with Crippen molar-refractivity contribution in [2.75, 3.05) is 12.3 Å². The van der Waals surface area contributed by atoms with E-state index in [0.717, 1.165) is 18.2 Å². The Balaban J connectivity index is 1.67. The molecular formula is C22H20ClN7O. The first-order valence-electron chi connectivity index (χ1n) is 10.00. The van der Waals surface area contributed by atoms with Crippen molar-refractivity contribution in [3.63, 3.8) is 0 Å². The maximum Gasteiger partial charge on any atom is 0.273 e. The van der Waals surface area contributed by atoms with Crippen LogP contribution in [0.3, 0.4) is 0 Å². The Hall–Kier alpha value is -3.52. The average Bonchev–Trinajstić information content (AvgIpc) is 3.50. The van der Waals surface area contributed by atoms with E-state index < -0.39 is 0 Å². The number of nitrogens with one attached hydrogen (secondary N) is 1. The van der Waals surface area contributed by atoms with Gasteiger partial charge in [0.2, 0.25) is 0 Å². The van der Waals surface area contributed by atoms with Crippen molar-refractivity contribution in [2.45, 2.75) is 12.8 Å². The van der Waals surface area contributed by atoms with E-state index in [2.05, 4.69) is 25.4 Å². The highest BCUT2D eigenvalue weighted by Gasteiger charge is 2.25. The molecule has 3 N–H and O–H groups in total. The van der Waals surface area contributed by atoms with Gasteiger partial charge in [0.25, 0.3) is 5.91 Å². The van der Waals surface area contributed by atoms with Crippen molar-refractivity contribution in [1.82, 2.24) is 30.0 Å². The number of hydrogen-bond donors (Lipinski definition) is 2. The molecule has 0 radical (unpaired) electrons. The minimum atomic E-state index is -0.334. The van der Waals surface area contributed by atoms with E-state index in [1.807, 2.05) is 37.5 Å². The number of benzene rings is 1. The fourth-order valence-corrected chi connectivity index (χ4v) is 3.74. The third-order valence-corrected chi connectivity index (χ3v) is 5.56. The van der Waals surface area contributed by atoms with Gasteiger partial charge >= 0.3 is 0 Å². The molecule has 5 rings (SSSR count). The molecule has 0 unspecified atom stereocenters. The van der Waals surface area contributed by atoms with E-state index in [-0.39, 0.29) is 17.4 Å². The summed E-state index contributed by atoms with van der Waals surface area (Å²) in [5.41, 5.74) is 9.21. The van der Waals surface area contributed by atoms with E-state index in [4.69, 9.17) is 17.3 Å². The molecule has 1 aliphatic rings. The molecule has 1 amide bonds. The average molecular weight is 434 g/mol. The third kappa shape index (κ3) is 3.82. The first-order chi connectivity index (χ1) is 15.0. The quantitative estimate of drug-likeness (QED) is 0.498. The van der Waals surface area contributed by atoms with Gasteiger partial charge in [-0.25, -0.2) is 9.97 Å². The summed E-state index contributed by atoms with van der Waals surface area (Å²) >= 11 is 6.51. The molecule has 0 spiro atoms. The second-order valence-corrected chi connectivity index (χ2v) is 8.12. The van der Waals surface area contributed by atoms with Crippen LogP contribution in [0.25, 0.3) is 33.5 Å². The number of pyridine rings is 1. The van der Waals surface area contributed by atoms with Gasteiger partial charge in [-0.3, -0.25) is 14.5 Å². The summed E-state index contributed by atoms with van der Waals surface area (Å²) in [5.74, 6) is 0.266. The van der Waals surface area contributed by atoms with Crippen molar-refractivity contribution < 1.29 is 4.79 Å². The number of carbonyl (C=O) groups is 1. The molecule has 1 aliphatic carbocycles. The van der Waals surface area contributed by atoms with Crippen LogP contribution in [0.5, 0.6) is 0 Å². The lowest BCUT2D eigenvalue weighted by atomic mass is 10.0. The topological polar surface area (TPSA) is 112 Å². The van der Waals surface area contributed by atoms with Crippen LogP contribution in [0.2, 0.25) is 5.02 Å². The number of aryl methyl sites for hydroxylation is 1. The Morgan fingerprint density at radius 2 is 2.10 bits per heavy atom. The van der Waals surface area contributed by atoms with Crippen molar-refractivity contribution in [1.29, 1.82) is 0 Å². The van der Waals surface area contributed by atoms with Crippen LogP contribution >= 0.6 is 11.6 Å². The van der Waals surface area contributed by atoms with E-state index in [9.17, 15) is 4.79 Å². The first-order valence-corrected chi connectivity index (χ1v) is 10.4. The zero-order valence-electron chi connectivity index (χ0n) is 16.8. The molecule has 31 heavy (non-hydrogen) atoms. The number of nitrogen functional groups attached to an aromatic ring is 1. The Morgan fingerprint density at radius 1 is 1.26 bits per heavy atom. The number of rotatable bonds is 5. The van der Waals surface area contributed by atoms with Gasteiger partial charge < -0.3 is 11.1 Å². The monoisotopic (exact) mass is 433 g/mol. The number of aromatic nitrogens is 5. The second kappa shape index (κ2) is 7.63. The van der Waals surface area contributed by atoms with Gasteiger partial charge in [0.15, 0.2) is 11.5 Å². The predicted molar refractivity (Wildman–Crippen MR) is 119 cm³/mol. The number of anilines is 1. The molecule has 0 saturated heterocycles. The summed E-state index contributed by atoms with van der Waals surface area (Å²) < 4.78 is 1.67. The third-order valence-electron chi connectivity index (χ3n) is 5.27. The molecule has 8 nitrogen and oxygen atoms in total. The number of hydrogen-bond acceptors (Lipinski definition) is 6. The van der Waals surface area contributed by atoms with E-state index in [0.29, 0.717) is 45.6 Å². The molecule has 156 valence electrons. The molecule has 3 heterocycles. The van der Waals surface area contributed by atoms with Crippen LogP contribution < -0.4 is 11.1 Å². The normalized spacial score (nSPS) is 13.5. The number of nitrogens with zero attached hydrogens (tertiary/aromatic N) is 5. The summed E-state index contributed by atoms with van der Waals surface area (Å²) in [7, 11) is 1.82. The molecule has 3 aromatic heterocycles. The maximum absolute atomic E-state index is 12.8. The summed E-state index contributed by atoms with van der Waals surface area (Å²) in [6, 6.07) is 9.28. The highest BCUT2D eigenvalue weighted by atomic mass is 35.5. The summed E-state index contributed by atoms with van der Waals surface area (Å²) in [4.78, 5) is 26.3. The summed E-state index contributed by atoms with van der Waals surface area (Å²) in [5, 5.41) is 8.70. The molecule has 0 bridgehead atoms. The number of amides is 1. The fraction of sp³-hybridized carbons (Fsp3) is 0.227. The van der Waals surface area contributed by atoms with Crippen LogP contribution in [0.4, 0.5) is 5.82 Å². The van der Waals surface area contributed by atoms with Crippen LogP contribution in [0.1, 0.15) is 23.3 Å². The van der Waals surface area contributed by atoms with E-state index >= 15 is 0 Å². The fourth-order valence-electron chi connectivity index (χ4n) is 3.46. The smallest absolute Gasteiger partial charge is 0.273 e. The Bertz CT molecular complexity index is 1310. The van der Waals surface area contributed by atoms with Crippen molar-refractivity contribution >= 4 is 34.2 Å². The van der Waals surface area contributed by atoms with Gasteiger partial charge in [0.05, 0.1) is 16.2 Å². The van der Waals surface area contributed by atoms with Crippen LogP contribution in [0, 0.1) is 5.92 Å². The summed E-state index contributed by atoms with van der Waals surface area (Å²) in [6.45, 7) is 0.616. The molecule has 1 saturated carbocycles. The van der Waals surface area contributed by atoms with E-state index in [1.165, 1.54) is 0 Å². The number of carbonyl (C=O) groups excluding carboxylic acids is 1. The van der Waals surface area contributed by atoms with Gasteiger partial charge in [-0.2, -0.15) is 5.10 Å². The number of halogens is 1. The summed E-state index contributed by atoms with van der Waals surface area (Å²) in [6.07, 6.45) is 5.77. The van der Waals surface area contributed by atoms with Crippen LogP contribution in [-0.2, 0) is 7.05 Å². The zero-order valence-corrected chi connectivity index (χ0v) is 17.6. The van der Waals surface area contributed by atoms with E-state index in [1.54, 1.807) is 16.9 Å². The minimum absolute atomic E-state index is 0.0613. The lowest BCUT2D eigenvalue weighted by Crippen LogP contribution is -2.28. The van der Waals surface area contributed by atoms with Gasteiger partial charge in [-0.1, -0.05) is 17.7 Å². The molecule has 0 aliphatic heterocycles. The van der Waals surface area contributed by atoms with Gasteiger partial charge in [-0.05, 0) is 43.0 Å². The van der Waals surface area contributed by atoms with Crippen molar-refractivity contribution in [3.8, 4) is 22.6 Å².